The molecule has 180 valence electrons. The summed E-state index contributed by atoms with van der Waals surface area (Å²) >= 11 is 1.24. The first-order valence-corrected chi connectivity index (χ1v) is 11.5. The van der Waals surface area contributed by atoms with Crippen LogP contribution in [0.5, 0.6) is 23.0 Å². The van der Waals surface area contributed by atoms with Crippen molar-refractivity contribution in [2.45, 2.75) is 13.8 Å². The van der Waals surface area contributed by atoms with Crippen LogP contribution in [0, 0.1) is 0 Å². The van der Waals surface area contributed by atoms with Gasteiger partial charge in [-0.1, -0.05) is 12.1 Å². The Morgan fingerprint density at radius 1 is 0.912 bits per heavy atom. The monoisotopic (exact) mass is 485 g/mol. The highest BCUT2D eigenvalue weighted by Crippen LogP contribution is 2.40. The van der Waals surface area contributed by atoms with E-state index in [1.54, 1.807) is 19.1 Å². The van der Waals surface area contributed by atoms with Crippen molar-refractivity contribution in [1.29, 1.82) is 0 Å². The van der Waals surface area contributed by atoms with E-state index in [1.165, 1.54) is 32.7 Å². The second kappa shape index (κ2) is 11.4. The molecule has 0 fully saturated rings. The summed E-state index contributed by atoms with van der Waals surface area (Å²) in [6.07, 6.45) is 0. The minimum Gasteiger partial charge on any atom is -0.494 e. The summed E-state index contributed by atoms with van der Waals surface area (Å²) in [6.45, 7) is 4.41. The summed E-state index contributed by atoms with van der Waals surface area (Å²) < 4.78 is 26.8. The summed E-state index contributed by atoms with van der Waals surface area (Å²) in [4.78, 5) is 26.0. The molecule has 1 N–H and O–H groups in total. The summed E-state index contributed by atoms with van der Waals surface area (Å²) in [5.41, 5.74) is 2.03. The summed E-state index contributed by atoms with van der Waals surface area (Å²) in [7, 11) is 4.43. The number of hydrogen-bond donors (Lipinski definition) is 1. The standard InChI is InChI=1S/C25H27NO7S/c1-6-32-17-10-8-15(9-11-17)18-14-34-24(21(18)25(28)33-7-2)26-23(27)16-12-19(29-3)22(31-5)20(13-16)30-4/h8-14H,6-7H2,1-5H3,(H,26,27). The summed E-state index contributed by atoms with van der Waals surface area (Å²) in [5, 5.41) is 5.02. The molecule has 1 heterocycles. The topological polar surface area (TPSA) is 92.3 Å². The Morgan fingerprint density at radius 3 is 2.09 bits per heavy atom. The summed E-state index contributed by atoms with van der Waals surface area (Å²) in [5.74, 6) is 0.841. The SMILES string of the molecule is CCOC(=O)c1c(-c2ccc(OCC)cc2)csc1NC(=O)c1cc(OC)c(OC)c(OC)c1. The number of benzene rings is 2. The van der Waals surface area contributed by atoms with Gasteiger partial charge >= 0.3 is 5.97 Å². The van der Waals surface area contributed by atoms with Crippen LogP contribution in [0.4, 0.5) is 5.00 Å². The third kappa shape index (κ3) is 5.26. The molecule has 9 heteroatoms. The minimum atomic E-state index is -0.521. The number of methoxy groups -OCH3 is 3. The molecule has 8 nitrogen and oxygen atoms in total. The Morgan fingerprint density at radius 2 is 1.56 bits per heavy atom. The molecule has 0 radical (unpaired) electrons. The van der Waals surface area contributed by atoms with Gasteiger partial charge in [-0.2, -0.15) is 0 Å². The van der Waals surface area contributed by atoms with E-state index in [1.807, 2.05) is 36.6 Å². The van der Waals surface area contributed by atoms with Gasteiger partial charge in [-0.25, -0.2) is 4.79 Å². The van der Waals surface area contributed by atoms with E-state index in [2.05, 4.69) is 5.32 Å². The van der Waals surface area contributed by atoms with Crippen LogP contribution in [-0.4, -0.2) is 46.4 Å². The molecule has 0 aliphatic carbocycles. The molecule has 1 aromatic heterocycles. The number of thiophene rings is 1. The zero-order valence-corrected chi connectivity index (χ0v) is 20.5. The number of nitrogens with one attached hydrogen (secondary N) is 1. The van der Waals surface area contributed by atoms with Gasteiger partial charge in [0.25, 0.3) is 5.91 Å². The predicted molar refractivity (Wildman–Crippen MR) is 131 cm³/mol. The Kier molecular flexibility index (Phi) is 8.37. The lowest BCUT2D eigenvalue weighted by Crippen LogP contribution is -2.15. The molecule has 34 heavy (non-hydrogen) atoms. The van der Waals surface area contributed by atoms with Crippen LogP contribution in [0.1, 0.15) is 34.6 Å². The van der Waals surface area contributed by atoms with E-state index in [-0.39, 0.29) is 17.7 Å². The third-order valence-electron chi connectivity index (χ3n) is 4.90. The average Bonchev–Trinajstić information content (AvgIpc) is 3.27. The van der Waals surface area contributed by atoms with Gasteiger partial charge in [0.05, 0.1) is 34.5 Å². The lowest BCUT2D eigenvalue weighted by molar-refractivity contribution is 0.0529. The molecule has 3 rings (SSSR count). The molecule has 0 atom stereocenters. The van der Waals surface area contributed by atoms with Crippen molar-refractivity contribution in [3.05, 3.63) is 52.9 Å². The van der Waals surface area contributed by atoms with Gasteiger partial charge in [0, 0.05) is 16.5 Å². The van der Waals surface area contributed by atoms with Gasteiger partial charge in [0.2, 0.25) is 5.75 Å². The number of anilines is 1. The van der Waals surface area contributed by atoms with Crippen molar-refractivity contribution < 1.29 is 33.3 Å². The largest absolute Gasteiger partial charge is 0.494 e. The van der Waals surface area contributed by atoms with Crippen LogP contribution < -0.4 is 24.3 Å². The van der Waals surface area contributed by atoms with Gasteiger partial charge in [-0.3, -0.25) is 4.79 Å². The molecular weight excluding hydrogens is 458 g/mol. The lowest BCUT2D eigenvalue weighted by atomic mass is 10.0. The van der Waals surface area contributed by atoms with E-state index in [4.69, 9.17) is 23.7 Å². The van der Waals surface area contributed by atoms with E-state index in [0.717, 1.165) is 11.3 Å². The predicted octanol–water partition coefficient (Wildman–Crippen LogP) is 5.27. The van der Waals surface area contributed by atoms with Gasteiger partial charge < -0.3 is 29.0 Å². The first-order chi connectivity index (χ1) is 16.5. The van der Waals surface area contributed by atoms with Crippen molar-refractivity contribution in [2.24, 2.45) is 0 Å². The van der Waals surface area contributed by atoms with Crippen LogP contribution in [0.15, 0.2) is 41.8 Å². The maximum absolute atomic E-state index is 13.1. The zero-order chi connectivity index (χ0) is 24.7. The molecular formula is C25H27NO7S. The highest BCUT2D eigenvalue weighted by atomic mass is 32.1. The fourth-order valence-corrected chi connectivity index (χ4v) is 4.31. The average molecular weight is 486 g/mol. The Labute approximate surface area is 202 Å². The summed E-state index contributed by atoms with van der Waals surface area (Å²) in [6, 6.07) is 10.5. The van der Waals surface area contributed by atoms with Gasteiger partial charge in [-0.15, -0.1) is 11.3 Å². The van der Waals surface area contributed by atoms with Crippen molar-refractivity contribution in [3.8, 4) is 34.1 Å². The minimum absolute atomic E-state index is 0.206. The van der Waals surface area contributed by atoms with E-state index >= 15 is 0 Å². The van der Waals surface area contributed by atoms with Crippen molar-refractivity contribution in [3.63, 3.8) is 0 Å². The molecule has 3 aromatic rings. The van der Waals surface area contributed by atoms with Crippen molar-refractivity contribution in [2.75, 3.05) is 39.9 Å². The zero-order valence-electron chi connectivity index (χ0n) is 19.7. The first kappa shape index (κ1) is 24.9. The maximum Gasteiger partial charge on any atom is 0.341 e. The number of amides is 1. The number of carbonyl (C=O) groups excluding carboxylic acids is 2. The molecule has 0 bridgehead atoms. The second-order valence-corrected chi connectivity index (χ2v) is 7.78. The number of carbonyl (C=O) groups is 2. The molecule has 0 saturated carbocycles. The van der Waals surface area contributed by atoms with E-state index in [0.29, 0.717) is 34.4 Å². The maximum atomic E-state index is 13.1. The van der Waals surface area contributed by atoms with Crippen LogP contribution in [-0.2, 0) is 4.74 Å². The fourth-order valence-electron chi connectivity index (χ4n) is 3.35. The van der Waals surface area contributed by atoms with Crippen molar-refractivity contribution >= 4 is 28.2 Å². The second-order valence-electron chi connectivity index (χ2n) is 6.90. The highest BCUT2D eigenvalue weighted by Gasteiger charge is 2.24. The molecule has 0 spiro atoms. The Balaban J connectivity index is 1.98. The lowest BCUT2D eigenvalue weighted by Gasteiger charge is -2.14. The smallest absolute Gasteiger partial charge is 0.341 e. The number of hydrogen-bond acceptors (Lipinski definition) is 8. The van der Waals surface area contributed by atoms with Gasteiger partial charge in [0.15, 0.2) is 11.5 Å². The Bertz CT molecular complexity index is 1130. The molecule has 0 saturated heterocycles. The third-order valence-corrected chi connectivity index (χ3v) is 5.80. The van der Waals surface area contributed by atoms with Crippen LogP contribution in [0.25, 0.3) is 11.1 Å². The highest BCUT2D eigenvalue weighted by molar-refractivity contribution is 7.15. The normalized spacial score (nSPS) is 10.4. The Hall–Kier alpha value is -3.72. The van der Waals surface area contributed by atoms with Gasteiger partial charge in [-0.05, 0) is 43.7 Å². The van der Waals surface area contributed by atoms with E-state index < -0.39 is 11.9 Å². The van der Waals surface area contributed by atoms with Gasteiger partial charge in [0.1, 0.15) is 16.3 Å². The molecule has 0 unspecified atom stereocenters. The van der Waals surface area contributed by atoms with Crippen LogP contribution in [0.3, 0.4) is 0 Å². The number of rotatable bonds is 10. The molecule has 2 aromatic carbocycles. The quantitative estimate of drug-likeness (QED) is 0.391. The number of ether oxygens (including phenoxy) is 5. The van der Waals surface area contributed by atoms with Crippen molar-refractivity contribution in [1.82, 2.24) is 0 Å². The van der Waals surface area contributed by atoms with Crippen LogP contribution >= 0.6 is 11.3 Å². The molecule has 0 aliphatic heterocycles. The fraction of sp³-hybridized carbons (Fsp3) is 0.280. The van der Waals surface area contributed by atoms with Crippen LogP contribution in [0.2, 0.25) is 0 Å². The number of esters is 1. The first-order valence-electron chi connectivity index (χ1n) is 10.6. The molecule has 0 aliphatic rings. The molecule has 1 amide bonds. The van der Waals surface area contributed by atoms with E-state index in [9.17, 15) is 9.59 Å².